The standard InChI is InChI=1S/C13H8F3N4O2S/c1-23(22)11-3-10-9(2-8(11)13(14,15)16)18-12(19-10)20-5-7(6-21)4-17-20/h2-5H,1H3,(H,18,19). The van der Waals surface area contributed by atoms with E-state index in [9.17, 15) is 22.5 Å². The van der Waals surface area contributed by atoms with Crippen LogP contribution in [0.2, 0.25) is 0 Å². The summed E-state index contributed by atoms with van der Waals surface area (Å²) in [6.07, 6.45) is 0.746. The van der Waals surface area contributed by atoms with Gasteiger partial charge in [0.15, 0.2) is 4.90 Å². The second kappa shape index (κ2) is 5.39. The number of nitrogens with one attached hydrogen (secondary N) is 1. The Bertz CT molecular complexity index is 885. The van der Waals surface area contributed by atoms with Crippen LogP contribution >= 0.6 is 0 Å². The lowest BCUT2D eigenvalue weighted by Crippen LogP contribution is -2.12. The highest BCUT2D eigenvalue weighted by Crippen LogP contribution is 2.36. The number of imidazole rings is 1. The Labute approximate surface area is 130 Å². The van der Waals surface area contributed by atoms with Crippen molar-refractivity contribution in [3.63, 3.8) is 0 Å². The van der Waals surface area contributed by atoms with Crippen LogP contribution in [0.1, 0.15) is 11.1 Å². The third-order valence-electron chi connectivity index (χ3n) is 3.10. The summed E-state index contributed by atoms with van der Waals surface area (Å²) in [5, 5.41) is 3.86. The van der Waals surface area contributed by atoms with Crippen LogP contribution in [0.5, 0.6) is 0 Å². The van der Waals surface area contributed by atoms with Crippen molar-refractivity contribution < 1.29 is 22.5 Å². The fourth-order valence-corrected chi connectivity index (χ4v) is 2.85. The number of hydrogen-bond donors (Lipinski definition) is 1. The zero-order chi connectivity index (χ0) is 16.8. The largest absolute Gasteiger partial charge is 0.612 e. The van der Waals surface area contributed by atoms with E-state index < -0.39 is 22.9 Å². The van der Waals surface area contributed by atoms with Crippen LogP contribution in [0.15, 0.2) is 29.4 Å². The number of hydrogen-bond acceptors (Lipinski definition) is 4. The van der Waals surface area contributed by atoms with Gasteiger partial charge in [-0.25, -0.2) is 9.67 Å². The van der Waals surface area contributed by atoms with Crippen molar-refractivity contribution >= 4 is 28.5 Å². The minimum Gasteiger partial charge on any atom is -0.612 e. The maximum Gasteiger partial charge on any atom is 0.421 e. The zero-order valence-corrected chi connectivity index (χ0v) is 12.3. The van der Waals surface area contributed by atoms with Gasteiger partial charge in [-0.15, -0.1) is 0 Å². The molecule has 0 bridgehead atoms. The van der Waals surface area contributed by atoms with Gasteiger partial charge in [-0.05, 0) is 17.2 Å². The molecule has 10 heteroatoms. The van der Waals surface area contributed by atoms with E-state index >= 15 is 0 Å². The number of aromatic nitrogens is 4. The van der Waals surface area contributed by atoms with E-state index in [0.29, 0.717) is 0 Å². The average molecular weight is 341 g/mol. The van der Waals surface area contributed by atoms with Crippen LogP contribution in [-0.2, 0) is 22.1 Å². The number of rotatable bonds is 3. The first-order valence-electron chi connectivity index (χ1n) is 6.17. The van der Waals surface area contributed by atoms with Gasteiger partial charge in [-0.1, -0.05) is 0 Å². The van der Waals surface area contributed by atoms with Crippen molar-refractivity contribution in [1.82, 2.24) is 19.7 Å². The molecule has 119 valence electrons. The monoisotopic (exact) mass is 341 g/mol. The lowest BCUT2D eigenvalue weighted by atomic mass is 10.2. The summed E-state index contributed by atoms with van der Waals surface area (Å²) < 4.78 is 52.0. The molecule has 0 fully saturated rings. The molecule has 0 aliphatic rings. The van der Waals surface area contributed by atoms with Crippen molar-refractivity contribution in [2.75, 3.05) is 6.26 Å². The number of benzene rings is 1. The Morgan fingerprint density at radius 2 is 2.13 bits per heavy atom. The van der Waals surface area contributed by atoms with E-state index in [2.05, 4.69) is 15.1 Å². The molecule has 1 radical (unpaired) electrons. The predicted molar refractivity (Wildman–Crippen MR) is 75.3 cm³/mol. The molecule has 1 unspecified atom stereocenters. The summed E-state index contributed by atoms with van der Waals surface area (Å²) in [5.74, 6) is 0.133. The van der Waals surface area contributed by atoms with Gasteiger partial charge in [0.1, 0.15) is 11.8 Å². The van der Waals surface area contributed by atoms with Gasteiger partial charge >= 0.3 is 6.18 Å². The third-order valence-corrected chi connectivity index (χ3v) is 4.06. The smallest absolute Gasteiger partial charge is 0.421 e. The summed E-state index contributed by atoms with van der Waals surface area (Å²) in [5.41, 5.74) is -0.484. The highest BCUT2D eigenvalue weighted by molar-refractivity contribution is 7.90. The second-order valence-electron chi connectivity index (χ2n) is 4.65. The van der Waals surface area contributed by atoms with E-state index in [0.717, 1.165) is 12.1 Å². The Kier molecular flexibility index (Phi) is 3.65. The maximum atomic E-state index is 13.1. The molecular weight excluding hydrogens is 333 g/mol. The molecule has 2 heterocycles. The molecule has 6 nitrogen and oxygen atoms in total. The van der Waals surface area contributed by atoms with Crippen LogP contribution in [0, 0.1) is 0 Å². The Hall–Kier alpha value is -2.33. The first-order valence-corrected chi connectivity index (χ1v) is 7.73. The summed E-state index contributed by atoms with van der Waals surface area (Å²) in [6.45, 7) is 0. The van der Waals surface area contributed by atoms with Gasteiger partial charge in [0, 0.05) is 12.3 Å². The lowest BCUT2D eigenvalue weighted by molar-refractivity contribution is -0.139. The molecule has 0 saturated carbocycles. The van der Waals surface area contributed by atoms with E-state index in [1.807, 2.05) is 0 Å². The minimum atomic E-state index is -4.64. The highest BCUT2D eigenvalue weighted by atomic mass is 32.2. The van der Waals surface area contributed by atoms with E-state index in [-0.39, 0.29) is 27.4 Å². The molecule has 0 saturated heterocycles. The van der Waals surface area contributed by atoms with Gasteiger partial charge in [0.2, 0.25) is 12.2 Å². The van der Waals surface area contributed by atoms with Crippen molar-refractivity contribution in [1.29, 1.82) is 0 Å². The number of H-pyrrole nitrogens is 1. The Balaban J connectivity index is 2.17. The number of alkyl halides is 3. The molecule has 2 aromatic heterocycles. The summed E-state index contributed by atoms with van der Waals surface area (Å²) in [6, 6.07) is 1.99. The van der Waals surface area contributed by atoms with Gasteiger partial charge < -0.3 is 9.54 Å². The van der Waals surface area contributed by atoms with Crippen molar-refractivity contribution in [3.05, 3.63) is 35.7 Å². The molecular formula is C13H8F3N4O2S. The highest BCUT2D eigenvalue weighted by Gasteiger charge is 2.37. The van der Waals surface area contributed by atoms with Crippen LogP contribution in [0.3, 0.4) is 0 Å². The molecule has 0 aliphatic heterocycles. The van der Waals surface area contributed by atoms with Crippen molar-refractivity contribution in [2.24, 2.45) is 0 Å². The Morgan fingerprint density at radius 1 is 1.39 bits per heavy atom. The van der Waals surface area contributed by atoms with Crippen molar-refractivity contribution in [3.8, 4) is 5.95 Å². The van der Waals surface area contributed by atoms with Crippen LogP contribution in [0.25, 0.3) is 17.0 Å². The van der Waals surface area contributed by atoms with Gasteiger partial charge in [0.05, 0.1) is 22.8 Å². The average Bonchev–Trinajstić information content (AvgIpc) is 3.10. The fraction of sp³-hybridized carbons (Fsp3) is 0.154. The second-order valence-corrected chi connectivity index (χ2v) is 6.00. The number of carbonyl (C=O) groups excluding carboxylic acids is 1. The number of aromatic amines is 1. The van der Waals surface area contributed by atoms with Crippen molar-refractivity contribution in [2.45, 2.75) is 11.1 Å². The summed E-state index contributed by atoms with van der Waals surface area (Å²) >= 11 is -1.82. The predicted octanol–water partition coefficient (Wildman–Crippen LogP) is 1.96. The van der Waals surface area contributed by atoms with Crippen LogP contribution in [-0.4, -0.2) is 36.8 Å². The summed E-state index contributed by atoms with van der Waals surface area (Å²) in [4.78, 5) is 17.0. The number of fused-ring (bicyclic) bond motifs is 1. The molecule has 0 amide bonds. The molecule has 1 atom stereocenters. The van der Waals surface area contributed by atoms with Gasteiger partial charge in [-0.3, -0.25) is 4.79 Å². The quantitative estimate of drug-likeness (QED) is 0.738. The molecule has 23 heavy (non-hydrogen) atoms. The van der Waals surface area contributed by atoms with E-state index in [4.69, 9.17) is 0 Å². The summed E-state index contributed by atoms with van der Waals surface area (Å²) in [7, 11) is 0. The molecule has 0 spiro atoms. The van der Waals surface area contributed by atoms with E-state index in [1.54, 1.807) is 6.29 Å². The molecule has 3 rings (SSSR count). The fourth-order valence-electron chi connectivity index (χ4n) is 2.08. The van der Waals surface area contributed by atoms with Crippen LogP contribution < -0.4 is 0 Å². The van der Waals surface area contributed by atoms with E-state index in [1.165, 1.54) is 23.3 Å². The topological polar surface area (TPSA) is 86.6 Å². The normalized spacial score (nSPS) is 13.4. The number of halogens is 3. The Morgan fingerprint density at radius 3 is 2.70 bits per heavy atom. The van der Waals surface area contributed by atoms with Crippen LogP contribution in [0.4, 0.5) is 13.2 Å². The first-order chi connectivity index (χ1) is 10.8. The lowest BCUT2D eigenvalue weighted by Gasteiger charge is -2.12. The first kappa shape index (κ1) is 15.6. The van der Waals surface area contributed by atoms with Gasteiger partial charge in [-0.2, -0.15) is 18.3 Å². The van der Waals surface area contributed by atoms with Gasteiger partial charge in [0.25, 0.3) is 0 Å². The minimum absolute atomic E-state index is 0.0497. The zero-order valence-electron chi connectivity index (χ0n) is 11.5. The SMILES string of the molecule is C[S+]([O-])c1cc2[nH]c(-n3cc([C]=O)cn3)nc2cc1C(F)(F)F. The molecule has 0 aliphatic carbocycles. The molecule has 1 N–H and O–H groups in total. The molecule has 3 aromatic rings. The molecule has 1 aromatic carbocycles. The number of nitrogens with zero attached hydrogens (tertiary/aromatic N) is 3. The maximum absolute atomic E-state index is 13.1. The third kappa shape index (κ3) is 2.82.